The lowest BCUT2D eigenvalue weighted by atomic mass is 10.0. The fourth-order valence-corrected chi connectivity index (χ4v) is 4.28. The number of benzene rings is 2. The molecule has 0 spiro atoms. The van der Waals surface area contributed by atoms with Gasteiger partial charge < -0.3 is 15.4 Å². The Hall–Kier alpha value is -2.63. The molecule has 0 atom stereocenters. The number of morpholine rings is 1. The summed E-state index contributed by atoms with van der Waals surface area (Å²) in [7, 11) is 0. The van der Waals surface area contributed by atoms with E-state index in [2.05, 4.69) is 11.0 Å². The number of hydrogen-bond acceptors (Lipinski definition) is 5. The lowest BCUT2D eigenvalue weighted by Gasteiger charge is -2.28. The Morgan fingerprint density at radius 2 is 1.69 bits per heavy atom. The summed E-state index contributed by atoms with van der Waals surface area (Å²) < 4.78 is 5.42. The van der Waals surface area contributed by atoms with Gasteiger partial charge in [0.25, 0.3) is 0 Å². The van der Waals surface area contributed by atoms with Gasteiger partial charge in [0.15, 0.2) is 5.43 Å². The fourth-order valence-electron chi connectivity index (χ4n) is 3.15. The van der Waals surface area contributed by atoms with Crippen molar-refractivity contribution >= 4 is 22.0 Å². The molecule has 1 aliphatic heterocycles. The van der Waals surface area contributed by atoms with Gasteiger partial charge in [0.1, 0.15) is 0 Å². The Morgan fingerprint density at radius 1 is 0.923 bits per heavy atom. The quantitative estimate of drug-likeness (QED) is 0.717. The summed E-state index contributed by atoms with van der Waals surface area (Å²) >= 11 is 1.64. The maximum atomic E-state index is 12.3. The third kappa shape index (κ3) is 3.49. The molecule has 0 unspecified atom stereocenters. The first-order valence-electron chi connectivity index (χ1n) is 8.64. The number of rotatable bonds is 3. The predicted octanol–water partition coefficient (Wildman–Crippen LogP) is 3.86. The maximum absolute atomic E-state index is 12.3. The van der Waals surface area contributed by atoms with Crippen LogP contribution >= 0.6 is 11.3 Å². The number of nitrogens with two attached hydrogens (primary N) is 1. The SMILES string of the molecule is Nc1ccccc1-c1cccc(-c2cc(=O)cc(N3CCOCC3)s2)c1. The molecule has 1 aliphatic rings. The van der Waals surface area contributed by atoms with Crippen molar-refractivity contribution in [2.24, 2.45) is 0 Å². The highest BCUT2D eigenvalue weighted by atomic mass is 32.1. The molecule has 2 aromatic carbocycles. The Balaban J connectivity index is 1.74. The van der Waals surface area contributed by atoms with Crippen molar-refractivity contribution in [2.45, 2.75) is 0 Å². The molecule has 0 bridgehead atoms. The summed E-state index contributed by atoms with van der Waals surface area (Å²) in [6.45, 7) is 3.04. The standard InChI is InChI=1S/C21H20N2O2S/c22-19-7-2-1-6-18(19)15-4-3-5-16(12-15)20-13-17(24)14-21(26-20)23-8-10-25-11-9-23/h1-7,12-14H,8-11,22H2. The normalized spacial score (nSPS) is 14.4. The van der Waals surface area contributed by atoms with Crippen LogP contribution in [0.25, 0.3) is 21.6 Å². The molecule has 2 N–H and O–H groups in total. The predicted molar refractivity (Wildman–Crippen MR) is 109 cm³/mol. The van der Waals surface area contributed by atoms with E-state index in [1.165, 1.54) is 0 Å². The second-order valence-corrected chi connectivity index (χ2v) is 7.33. The van der Waals surface area contributed by atoms with Crippen LogP contribution in [0.4, 0.5) is 10.7 Å². The first-order valence-corrected chi connectivity index (χ1v) is 9.45. The maximum Gasteiger partial charge on any atom is 0.182 e. The Labute approximate surface area is 156 Å². The molecule has 1 fully saturated rings. The first kappa shape index (κ1) is 16.8. The lowest BCUT2D eigenvalue weighted by molar-refractivity contribution is 0.123. The van der Waals surface area contributed by atoms with Gasteiger partial charge in [-0.05, 0) is 23.3 Å². The van der Waals surface area contributed by atoms with Gasteiger partial charge in [0, 0.05) is 41.4 Å². The van der Waals surface area contributed by atoms with Crippen LogP contribution in [0.2, 0.25) is 0 Å². The summed E-state index contributed by atoms with van der Waals surface area (Å²) in [4.78, 5) is 15.5. The monoisotopic (exact) mass is 364 g/mol. The van der Waals surface area contributed by atoms with Gasteiger partial charge in [-0.15, -0.1) is 11.3 Å². The zero-order chi connectivity index (χ0) is 17.9. The molecule has 26 heavy (non-hydrogen) atoms. The number of anilines is 2. The van der Waals surface area contributed by atoms with Gasteiger partial charge in [-0.25, -0.2) is 0 Å². The van der Waals surface area contributed by atoms with Crippen molar-refractivity contribution in [3.8, 4) is 21.6 Å². The van der Waals surface area contributed by atoms with Crippen LogP contribution in [0.5, 0.6) is 0 Å². The number of ether oxygens (including phenoxy) is 1. The second kappa shape index (κ2) is 7.32. The summed E-state index contributed by atoms with van der Waals surface area (Å²) in [5, 5.41) is 1.00. The van der Waals surface area contributed by atoms with Gasteiger partial charge in [0.05, 0.1) is 18.2 Å². The van der Waals surface area contributed by atoms with Crippen molar-refractivity contribution in [3.05, 3.63) is 70.9 Å². The summed E-state index contributed by atoms with van der Waals surface area (Å²) in [6, 6.07) is 19.5. The zero-order valence-corrected chi connectivity index (χ0v) is 15.2. The average Bonchev–Trinajstić information content (AvgIpc) is 2.69. The molecule has 4 rings (SSSR count). The van der Waals surface area contributed by atoms with E-state index in [0.29, 0.717) is 13.2 Å². The Morgan fingerprint density at radius 3 is 2.50 bits per heavy atom. The Bertz CT molecular complexity index is 977. The van der Waals surface area contributed by atoms with Crippen molar-refractivity contribution < 1.29 is 4.74 Å². The third-order valence-corrected chi connectivity index (χ3v) is 5.65. The average molecular weight is 364 g/mol. The van der Waals surface area contributed by atoms with Crippen LogP contribution in [0.1, 0.15) is 0 Å². The molecular weight excluding hydrogens is 344 g/mol. The van der Waals surface area contributed by atoms with Crippen molar-refractivity contribution in [1.82, 2.24) is 0 Å². The number of hydrogen-bond donors (Lipinski definition) is 1. The van der Waals surface area contributed by atoms with E-state index in [-0.39, 0.29) is 5.43 Å². The molecule has 4 nitrogen and oxygen atoms in total. The molecule has 0 radical (unpaired) electrons. The topological polar surface area (TPSA) is 55.6 Å². The van der Waals surface area contributed by atoms with Gasteiger partial charge >= 0.3 is 0 Å². The minimum atomic E-state index is 0.0323. The molecule has 5 heteroatoms. The summed E-state index contributed by atoms with van der Waals surface area (Å²) in [6.07, 6.45) is 0. The molecule has 132 valence electrons. The lowest BCUT2D eigenvalue weighted by Crippen LogP contribution is -2.36. The van der Waals surface area contributed by atoms with Crippen molar-refractivity contribution in [3.63, 3.8) is 0 Å². The summed E-state index contributed by atoms with van der Waals surface area (Å²) in [5.41, 5.74) is 9.99. The van der Waals surface area contributed by atoms with E-state index in [1.54, 1.807) is 23.5 Å². The van der Waals surface area contributed by atoms with Gasteiger partial charge in [-0.1, -0.05) is 36.4 Å². The number of nitrogen functional groups attached to an aromatic ring is 1. The van der Waals surface area contributed by atoms with E-state index in [1.807, 2.05) is 42.5 Å². The number of nitrogens with zero attached hydrogens (tertiary/aromatic N) is 1. The molecular formula is C21H20N2O2S. The zero-order valence-electron chi connectivity index (χ0n) is 14.4. The van der Waals surface area contributed by atoms with Crippen LogP contribution < -0.4 is 16.1 Å². The second-order valence-electron chi connectivity index (χ2n) is 6.26. The molecule has 1 aromatic heterocycles. The van der Waals surface area contributed by atoms with Crippen molar-refractivity contribution in [1.29, 1.82) is 0 Å². The highest BCUT2D eigenvalue weighted by Crippen LogP contribution is 2.33. The van der Waals surface area contributed by atoms with E-state index in [0.717, 1.165) is 45.3 Å². The van der Waals surface area contributed by atoms with Crippen LogP contribution in [0, 0.1) is 0 Å². The largest absolute Gasteiger partial charge is 0.398 e. The van der Waals surface area contributed by atoms with E-state index in [9.17, 15) is 4.79 Å². The smallest absolute Gasteiger partial charge is 0.182 e. The first-order chi connectivity index (χ1) is 12.7. The highest BCUT2D eigenvalue weighted by molar-refractivity contribution is 7.19. The molecule has 0 amide bonds. The highest BCUT2D eigenvalue weighted by Gasteiger charge is 2.14. The van der Waals surface area contributed by atoms with Crippen LogP contribution in [0.15, 0.2) is 65.5 Å². The van der Waals surface area contributed by atoms with Crippen LogP contribution in [-0.2, 0) is 4.74 Å². The molecule has 1 saturated heterocycles. The van der Waals surface area contributed by atoms with Gasteiger partial charge in [-0.2, -0.15) is 0 Å². The van der Waals surface area contributed by atoms with E-state index in [4.69, 9.17) is 10.5 Å². The van der Waals surface area contributed by atoms with E-state index >= 15 is 0 Å². The van der Waals surface area contributed by atoms with Crippen LogP contribution in [-0.4, -0.2) is 26.3 Å². The van der Waals surface area contributed by atoms with Crippen molar-refractivity contribution in [2.75, 3.05) is 36.9 Å². The Kier molecular flexibility index (Phi) is 4.73. The fraction of sp³-hybridized carbons (Fsp3) is 0.190. The van der Waals surface area contributed by atoms with Gasteiger partial charge in [0.2, 0.25) is 0 Å². The molecule has 0 aliphatic carbocycles. The minimum Gasteiger partial charge on any atom is -0.398 e. The third-order valence-electron chi connectivity index (χ3n) is 4.50. The van der Waals surface area contributed by atoms with Gasteiger partial charge in [-0.3, -0.25) is 4.79 Å². The van der Waals surface area contributed by atoms with E-state index < -0.39 is 0 Å². The summed E-state index contributed by atoms with van der Waals surface area (Å²) in [5.74, 6) is 0. The van der Waals surface area contributed by atoms with Crippen LogP contribution in [0.3, 0.4) is 0 Å². The number of para-hydroxylation sites is 1. The molecule has 0 saturated carbocycles. The minimum absolute atomic E-state index is 0.0323. The molecule has 2 heterocycles. The molecule has 3 aromatic rings.